The maximum Gasteiger partial charge on any atom is 0.249 e. The summed E-state index contributed by atoms with van der Waals surface area (Å²) in [6.07, 6.45) is 3.36. The Labute approximate surface area is 210 Å². The summed E-state index contributed by atoms with van der Waals surface area (Å²) in [5.74, 6) is -10.1. The number of ether oxygens (including phenoxy) is 1. The highest BCUT2D eigenvalue weighted by Gasteiger charge is 2.31. The summed E-state index contributed by atoms with van der Waals surface area (Å²) >= 11 is 0. The third-order valence-electron chi connectivity index (χ3n) is 6.04. The third kappa shape index (κ3) is 4.23. The predicted molar refractivity (Wildman–Crippen MR) is 123 cm³/mol. The van der Waals surface area contributed by atoms with Crippen LogP contribution in [0.4, 0.5) is 27.8 Å². The van der Waals surface area contributed by atoms with Gasteiger partial charge in [-0.2, -0.15) is 13.9 Å². The molecule has 38 heavy (non-hydrogen) atoms. The van der Waals surface area contributed by atoms with Crippen molar-refractivity contribution >= 4 is 22.8 Å². The lowest BCUT2D eigenvalue weighted by molar-refractivity contribution is -0.125. The van der Waals surface area contributed by atoms with Crippen molar-refractivity contribution in [3.05, 3.63) is 72.0 Å². The van der Waals surface area contributed by atoms with E-state index in [0.717, 1.165) is 18.2 Å². The van der Waals surface area contributed by atoms with Gasteiger partial charge in [0.25, 0.3) is 0 Å². The number of nitrogens with zero attached hydrogens (tertiary/aromatic N) is 5. The molecule has 3 heterocycles. The summed E-state index contributed by atoms with van der Waals surface area (Å²) < 4.78 is 76.7. The van der Waals surface area contributed by atoms with Crippen LogP contribution < -0.4 is 10.5 Å². The number of halogens is 5. The van der Waals surface area contributed by atoms with E-state index in [9.17, 15) is 22.4 Å². The second-order valence-electron chi connectivity index (χ2n) is 8.33. The van der Waals surface area contributed by atoms with Crippen LogP contribution in [-0.4, -0.2) is 48.8 Å². The van der Waals surface area contributed by atoms with Crippen molar-refractivity contribution in [3.63, 3.8) is 0 Å². The molecule has 0 radical (unpaired) electrons. The van der Waals surface area contributed by atoms with Crippen LogP contribution in [0.1, 0.15) is 12.5 Å². The van der Waals surface area contributed by atoms with Crippen LogP contribution in [0.3, 0.4) is 0 Å². The Morgan fingerprint density at radius 3 is 2.50 bits per heavy atom. The molecule has 1 saturated heterocycles. The molecule has 0 aliphatic carbocycles. The molecule has 0 saturated carbocycles. The Bertz CT molecular complexity index is 1580. The van der Waals surface area contributed by atoms with Crippen LogP contribution in [0.15, 0.2) is 42.9 Å². The Morgan fingerprint density at radius 1 is 1.08 bits per heavy atom. The summed E-state index contributed by atoms with van der Waals surface area (Å²) in [6.45, 7) is 0.610. The van der Waals surface area contributed by atoms with Crippen molar-refractivity contribution in [1.29, 1.82) is 0 Å². The van der Waals surface area contributed by atoms with E-state index >= 15 is 4.39 Å². The molecule has 5 rings (SSSR count). The van der Waals surface area contributed by atoms with Crippen molar-refractivity contribution in [3.8, 4) is 22.8 Å². The molecule has 1 atom stereocenters. The van der Waals surface area contributed by atoms with Gasteiger partial charge in [0.2, 0.25) is 23.3 Å². The van der Waals surface area contributed by atoms with Crippen LogP contribution in [0.25, 0.3) is 22.3 Å². The zero-order chi connectivity index (χ0) is 27.1. The summed E-state index contributed by atoms with van der Waals surface area (Å²) in [4.78, 5) is 21.8. The maximum absolute atomic E-state index is 15.3. The Balaban J connectivity index is 1.52. The lowest BCUT2D eigenvalue weighted by atomic mass is 10.1. The molecule has 1 fully saturated rings. The number of fused-ring (bicyclic) bond motifs is 1. The molecule has 9 nitrogen and oxygen atoms in total. The number of amides is 1. The zero-order valence-electron chi connectivity index (χ0n) is 19.2. The van der Waals surface area contributed by atoms with Gasteiger partial charge in [0.05, 0.1) is 17.7 Å². The molecule has 3 N–H and O–H groups in total. The topological polar surface area (TPSA) is 119 Å². The first kappa shape index (κ1) is 24.9. The van der Waals surface area contributed by atoms with Crippen LogP contribution in [0.5, 0.6) is 11.5 Å². The van der Waals surface area contributed by atoms with Crippen molar-refractivity contribution in [2.45, 2.75) is 12.5 Å². The number of aliphatic hydroxyl groups excluding tert-OH is 1. The van der Waals surface area contributed by atoms with Gasteiger partial charge in [-0.05, 0) is 18.6 Å². The molecular formula is C24H17F5N6O3. The molecular weight excluding hydrogens is 515 g/mol. The van der Waals surface area contributed by atoms with Crippen LogP contribution in [0, 0.1) is 29.1 Å². The maximum atomic E-state index is 15.3. The zero-order valence-corrected chi connectivity index (χ0v) is 19.2. The number of nitrogen functional groups attached to an aromatic ring is 1. The number of likely N-dealkylation sites (tertiary alicyclic amines) is 1. The number of nitrogens with two attached hydrogens (primary N) is 1. The molecule has 1 aliphatic rings. The minimum atomic E-state index is -1.78. The first-order chi connectivity index (χ1) is 18.2. The van der Waals surface area contributed by atoms with Gasteiger partial charge >= 0.3 is 0 Å². The fourth-order valence-electron chi connectivity index (χ4n) is 4.26. The number of anilines is 1. The number of benzene rings is 2. The van der Waals surface area contributed by atoms with E-state index in [0.29, 0.717) is 19.2 Å². The molecule has 0 unspecified atom stereocenters. The standard InChI is InChI=1S/C24H17F5N6O3/c25-14-7-12(38-22-19(28)15(26)8-16(27)20(22)29)1-2-13(14)21-18-23(30)31-10-32-24(18)35(33-21)11-3-5-34(9-11)17(37)4-6-36/h1-2,4,6-8,10-11,36H,3,5,9H2,(H2,30,31,32)/b6-4-/t11-/m1/s1. The number of carbonyl (C=O) groups excluding carboxylic acids is 1. The second kappa shape index (κ2) is 9.61. The van der Waals surface area contributed by atoms with Crippen molar-refractivity contribution in [2.24, 2.45) is 0 Å². The van der Waals surface area contributed by atoms with Gasteiger partial charge in [-0.1, -0.05) is 0 Å². The van der Waals surface area contributed by atoms with Gasteiger partial charge in [0, 0.05) is 36.9 Å². The van der Waals surface area contributed by atoms with E-state index in [1.54, 1.807) is 0 Å². The fraction of sp³-hybridized carbons (Fsp3) is 0.167. The molecule has 2 aromatic heterocycles. The first-order valence-electron chi connectivity index (χ1n) is 11.1. The Hall–Kier alpha value is -4.75. The van der Waals surface area contributed by atoms with Gasteiger partial charge in [0.15, 0.2) is 17.3 Å². The van der Waals surface area contributed by atoms with E-state index in [1.807, 2.05) is 0 Å². The average Bonchev–Trinajstić information content (AvgIpc) is 3.52. The minimum Gasteiger partial charge on any atom is -0.515 e. The minimum absolute atomic E-state index is 0.00416. The largest absolute Gasteiger partial charge is 0.515 e. The van der Waals surface area contributed by atoms with Gasteiger partial charge in [0.1, 0.15) is 29.4 Å². The van der Waals surface area contributed by atoms with Gasteiger partial charge in [-0.25, -0.2) is 27.8 Å². The number of hydrogen-bond acceptors (Lipinski definition) is 7. The Morgan fingerprint density at radius 2 is 1.82 bits per heavy atom. The number of rotatable bonds is 5. The highest BCUT2D eigenvalue weighted by molar-refractivity contribution is 5.98. The summed E-state index contributed by atoms with van der Waals surface area (Å²) in [5, 5.41) is 13.6. The Kier molecular flexibility index (Phi) is 6.30. The molecule has 0 spiro atoms. The molecule has 196 valence electrons. The van der Waals surface area contributed by atoms with E-state index in [2.05, 4.69) is 15.1 Å². The highest BCUT2D eigenvalue weighted by atomic mass is 19.2. The molecule has 14 heteroatoms. The van der Waals surface area contributed by atoms with Gasteiger partial charge in [-0.3, -0.25) is 4.79 Å². The van der Waals surface area contributed by atoms with Crippen molar-refractivity contribution < 1.29 is 36.6 Å². The molecule has 1 aliphatic heterocycles. The number of aromatic nitrogens is 4. The van der Waals surface area contributed by atoms with E-state index in [4.69, 9.17) is 15.6 Å². The molecule has 1 amide bonds. The molecule has 0 bridgehead atoms. The summed E-state index contributed by atoms with van der Waals surface area (Å²) in [5.41, 5.74) is 6.30. The quantitative estimate of drug-likeness (QED) is 0.169. The normalized spacial score (nSPS) is 15.6. The second-order valence-corrected chi connectivity index (χ2v) is 8.33. The van der Waals surface area contributed by atoms with Crippen molar-refractivity contribution in [1.82, 2.24) is 24.6 Å². The highest BCUT2D eigenvalue weighted by Crippen LogP contribution is 2.37. The average molecular weight is 532 g/mol. The summed E-state index contributed by atoms with van der Waals surface area (Å²) in [6, 6.07) is 2.75. The predicted octanol–water partition coefficient (Wildman–Crippen LogP) is 4.41. The molecule has 2 aromatic carbocycles. The third-order valence-corrected chi connectivity index (χ3v) is 6.04. The van der Waals surface area contributed by atoms with E-state index in [-0.39, 0.29) is 46.8 Å². The van der Waals surface area contributed by atoms with Crippen molar-refractivity contribution in [2.75, 3.05) is 18.8 Å². The van der Waals surface area contributed by atoms with E-state index in [1.165, 1.54) is 22.0 Å². The molecule has 4 aromatic rings. The van der Waals surface area contributed by atoms with E-state index < -0.39 is 46.5 Å². The lowest BCUT2D eigenvalue weighted by Crippen LogP contribution is -2.27. The van der Waals surface area contributed by atoms with Gasteiger partial charge in [-0.15, -0.1) is 0 Å². The monoisotopic (exact) mass is 532 g/mol. The van der Waals surface area contributed by atoms with Crippen LogP contribution >= 0.6 is 0 Å². The number of aliphatic hydroxyl groups is 1. The van der Waals surface area contributed by atoms with Crippen LogP contribution in [0.2, 0.25) is 0 Å². The summed E-state index contributed by atoms with van der Waals surface area (Å²) in [7, 11) is 0. The first-order valence-corrected chi connectivity index (χ1v) is 11.1. The number of carbonyl (C=O) groups is 1. The fourth-order valence-corrected chi connectivity index (χ4v) is 4.26. The smallest absolute Gasteiger partial charge is 0.249 e. The van der Waals surface area contributed by atoms with Crippen LogP contribution in [-0.2, 0) is 4.79 Å². The number of hydrogen-bond donors (Lipinski definition) is 2. The SMILES string of the molecule is Nc1ncnc2c1c(-c1ccc(Oc3c(F)c(F)cc(F)c3F)cc1F)nn2[C@@H]1CCN(C(=O)/C=C\O)C1. The lowest BCUT2D eigenvalue weighted by Gasteiger charge is -2.14. The van der Waals surface area contributed by atoms with Gasteiger partial charge < -0.3 is 20.5 Å².